The largest absolute Gasteiger partial charge is 0.387 e. The summed E-state index contributed by atoms with van der Waals surface area (Å²) in [6, 6.07) is 4.77. The van der Waals surface area contributed by atoms with Crippen LogP contribution in [0.3, 0.4) is 0 Å². The minimum atomic E-state index is -0.815. The third-order valence-electron chi connectivity index (χ3n) is 2.93. The summed E-state index contributed by atoms with van der Waals surface area (Å²) in [7, 11) is 1.67. The van der Waals surface area contributed by atoms with Gasteiger partial charge in [0.15, 0.2) is 5.96 Å². The van der Waals surface area contributed by atoms with Gasteiger partial charge in [0.05, 0.1) is 11.1 Å². The molecule has 6 heteroatoms. The van der Waals surface area contributed by atoms with E-state index in [9.17, 15) is 9.50 Å². The van der Waals surface area contributed by atoms with Gasteiger partial charge in [0.25, 0.3) is 0 Å². The maximum Gasteiger partial charge on any atom is 0.191 e. The molecule has 4 nitrogen and oxygen atoms in total. The fourth-order valence-corrected chi connectivity index (χ4v) is 1.76. The Bertz CT molecular complexity index is 477. The highest BCUT2D eigenvalue weighted by atomic mass is 35.5. The van der Waals surface area contributed by atoms with Crippen molar-refractivity contribution in [2.45, 2.75) is 25.0 Å². The van der Waals surface area contributed by atoms with Crippen LogP contribution in [0.25, 0.3) is 0 Å². The zero-order chi connectivity index (χ0) is 13.8. The highest BCUT2D eigenvalue weighted by molar-refractivity contribution is 6.30. The third-order valence-corrected chi connectivity index (χ3v) is 3.24. The summed E-state index contributed by atoms with van der Waals surface area (Å²) in [4.78, 5) is 4.05. The van der Waals surface area contributed by atoms with Crippen LogP contribution in [0.2, 0.25) is 5.02 Å². The molecule has 1 aromatic rings. The molecule has 0 aromatic heterocycles. The number of guanidine groups is 1. The van der Waals surface area contributed by atoms with Crippen molar-refractivity contribution in [1.29, 1.82) is 0 Å². The van der Waals surface area contributed by atoms with Gasteiger partial charge in [0.2, 0.25) is 0 Å². The Morgan fingerprint density at radius 3 is 2.89 bits per heavy atom. The van der Waals surface area contributed by atoms with Gasteiger partial charge in [0.1, 0.15) is 5.82 Å². The molecule has 1 unspecified atom stereocenters. The molecular weight excluding hydrogens is 269 g/mol. The molecule has 3 N–H and O–H groups in total. The Morgan fingerprint density at radius 2 is 2.32 bits per heavy atom. The molecular formula is C13H17ClFN3O. The fourth-order valence-electron chi connectivity index (χ4n) is 1.65. The molecule has 1 atom stereocenters. The van der Waals surface area contributed by atoms with E-state index >= 15 is 0 Å². The minimum Gasteiger partial charge on any atom is -0.387 e. The van der Waals surface area contributed by atoms with Crippen LogP contribution < -0.4 is 10.6 Å². The van der Waals surface area contributed by atoms with E-state index in [1.807, 2.05) is 0 Å². The molecule has 1 aliphatic carbocycles. The van der Waals surface area contributed by atoms with Gasteiger partial charge < -0.3 is 15.7 Å². The van der Waals surface area contributed by atoms with Gasteiger partial charge in [-0.05, 0) is 30.5 Å². The minimum absolute atomic E-state index is 0.0510. The lowest BCUT2D eigenvalue weighted by Gasteiger charge is -2.15. The predicted molar refractivity (Wildman–Crippen MR) is 73.9 cm³/mol. The van der Waals surface area contributed by atoms with Crippen molar-refractivity contribution in [3.05, 3.63) is 34.6 Å². The number of nitrogens with one attached hydrogen (secondary N) is 2. The van der Waals surface area contributed by atoms with Crippen molar-refractivity contribution < 1.29 is 9.50 Å². The third kappa shape index (κ3) is 4.08. The van der Waals surface area contributed by atoms with E-state index in [2.05, 4.69) is 15.6 Å². The number of hydrogen-bond acceptors (Lipinski definition) is 2. The Labute approximate surface area is 116 Å². The van der Waals surface area contributed by atoms with Crippen LogP contribution in [0.4, 0.5) is 4.39 Å². The normalized spacial score (nSPS) is 17.2. The number of benzene rings is 1. The lowest BCUT2D eigenvalue weighted by atomic mass is 10.1. The second-order valence-electron chi connectivity index (χ2n) is 4.56. The van der Waals surface area contributed by atoms with Crippen molar-refractivity contribution >= 4 is 17.6 Å². The second kappa shape index (κ2) is 6.21. The van der Waals surface area contributed by atoms with E-state index in [1.54, 1.807) is 13.1 Å². The molecule has 0 heterocycles. The summed E-state index contributed by atoms with van der Waals surface area (Å²) < 4.78 is 13.3. The number of rotatable bonds is 4. The highest BCUT2D eigenvalue weighted by Gasteiger charge is 2.22. The van der Waals surface area contributed by atoms with Crippen LogP contribution >= 0.6 is 11.6 Å². The van der Waals surface area contributed by atoms with Gasteiger partial charge in [0, 0.05) is 19.6 Å². The van der Waals surface area contributed by atoms with E-state index in [1.165, 1.54) is 12.1 Å². The van der Waals surface area contributed by atoms with Gasteiger partial charge in [-0.2, -0.15) is 0 Å². The highest BCUT2D eigenvalue weighted by Crippen LogP contribution is 2.20. The van der Waals surface area contributed by atoms with Crippen LogP contribution in [-0.4, -0.2) is 30.7 Å². The van der Waals surface area contributed by atoms with Gasteiger partial charge in [-0.3, -0.25) is 4.99 Å². The molecule has 2 rings (SSSR count). The molecule has 0 spiro atoms. The van der Waals surface area contributed by atoms with Crippen LogP contribution in [0, 0.1) is 5.82 Å². The molecule has 0 aliphatic heterocycles. The first kappa shape index (κ1) is 14.1. The summed E-state index contributed by atoms with van der Waals surface area (Å²) >= 11 is 5.60. The summed E-state index contributed by atoms with van der Waals surface area (Å²) in [5.74, 6) is 0.120. The molecule has 0 saturated heterocycles. The molecule has 0 radical (unpaired) electrons. The van der Waals surface area contributed by atoms with Gasteiger partial charge >= 0.3 is 0 Å². The Kier molecular flexibility index (Phi) is 4.61. The number of aliphatic hydroxyl groups excluding tert-OH is 1. The summed E-state index contributed by atoms with van der Waals surface area (Å²) in [6.07, 6.45) is 1.47. The molecule has 104 valence electrons. The molecule has 0 bridgehead atoms. The lowest BCUT2D eigenvalue weighted by molar-refractivity contribution is 0.180. The average Bonchev–Trinajstić information content (AvgIpc) is 3.21. The van der Waals surface area contributed by atoms with E-state index in [-0.39, 0.29) is 11.6 Å². The first-order chi connectivity index (χ1) is 9.10. The van der Waals surface area contributed by atoms with Crippen molar-refractivity contribution in [3.8, 4) is 0 Å². The maximum absolute atomic E-state index is 13.3. The topological polar surface area (TPSA) is 56.7 Å². The maximum atomic E-state index is 13.3. The summed E-state index contributed by atoms with van der Waals surface area (Å²) in [5, 5.41) is 16.2. The van der Waals surface area contributed by atoms with Crippen LogP contribution in [-0.2, 0) is 0 Å². The van der Waals surface area contributed by atoms with Crippen molar-refractivity contribution in [3.63, 3.8) is 0 Å². The quantitative estimate of drug-likeness (QED) is 0.584. The second-order valence-corrected chi connectivity index (χ2v) is 4.97. The van der Waals surface area contributed by atoms with Crippen molar-refractivity contribution in [2.24, 2.45) is 4.99 Å². The van der Waals surface area contributed by atoms with E-state index < -0.39 is 11.9 Å². The fraction of sp³-hybridized carbons (Fsp3) is 0.462. The van der Waals surface area contributed by atoms with Gasteiger partial charge in [-0.25, -0.2) is 4.39 Å². The summed E-state index contributed by atoms with van der Waals surface area (Å²) in [5.41, 5.74) is 0.483. The monoisotopic (exact) mass is 285 g/mol. The average molecular weight is 286 g/mol. The zero-order valence-corrected chi connectivity index (χ0v) is 11.4. The Morgan fingerprint density at radius 1 is 1.58 bits per heavy atom. The summed E-state index contributed by atoms with van der Waals surface area (Å²) in [6.45, 7) is 0.257. The Hall–Kier alpha value is -1.33. The van der Waals surface area contributed by atoms with E-state index in [0.29, 0.717) is 17.6 Å². The molecule has 1 aromatic carbocycles. The van der Waals surface area contributed by atoms with Crippen LogP contribution in [0.5, 0.6) is 0 Å². The first-order valence-electron chi connectivity index (χ1n) is 6.20. The van der Waals surface area contributed by atoms with E-state index in [0.717, 1.165) is 12.8 Å². The number of halogens is 2. The lowest BCUT2D eigenvalue weighted by Crippen LogP contribution is -2.40. The number of nitrogens with zero attached hydrogens (tertiary/aromatic N) is 1. The first-order valence-corrected chi connectivity index (χ1v) is 6.58. The number of hydrogen-bond donors (Lipinski definition) is 3. The van der Waals surface area contributed by atoms with Crippen molar-refractivity contribution in [2.75, 3.05) is 13.6 Å². The molecule has 1 saturated carbocycles. The number of aliphatic hydroxyl groups is 1. The number of aliphatic imine (C=N–C) groups is 1. The molecule has 0 amide bonds. The Balaban J connectivity index is 1.88. The SMILES string of the molecule is CN=C(NCC(O)c1ccc(Cl)c(F)c1)NC1CC1. The smallest absolute Gasteiger partial charge is 0.191 e. The van der Waals surface area contributed by atoms with E-state index in [4.69, 9.17) is 11.6 Å². The van der Waals surface area contributed by atoms with Gasteiger partial charge in [-0.1, -0.05) is 17.7 Å². The predicted octanol–water partition coefficient (Wildman–Crippen LogP) is 1.84. The van der Waals surface area contributed by atoms with Crippen LogP contribution in [0.1, 0.15) is 24.5 Å². The molecule has 1 fully saturated rings. The van der Waals surface area contributed by atoms with Crippen molar-refractivity contribution in [1.82, 2.24) is 10.6 Å². The molecule has 1 aliphatic rings. The van der Waals surface area contributed by atoms with Crippen LogP contribution in [0.15, 0.2) is 23.2 Å². The molecule has 19 heavy (non-hydrogen) atoms. The van der Waals surface area contributed by atoms with Gasteiger partial charge in [-0.15, -0.1) is 0 Å². The zero-order valence-electron chi connectivity index (χ0n) is 10.7. The standard InChI is InChI=1S/C13H17ClFN3O/c1-16-13(18-9-3-4-9)17-7-12(19)8-2-5-10(14)11(15)6-8/h2,5-6,9,12,19H,3-4,7H2,1H3,(H2,16,17,18).